The second kappa shape index (κ2) is 7.91. The van der Waals surface area contributed by atoms with Gasteiger partial charge in [0.2, 0.25) is 0 Å². The highest BCUT2D eigenvalue weighted by Gasteiger charge is 2.35. The monoisotopic (exact) mass is 410 g/mol. The Kier molecular flexibility index (Phi) is 5.96. The second-order valence-corrected chi connectivity index (χ2v) is 9.84. The molecule has 0 bridgehead atoms. The zero-order valence-electron chi connectivity index (χ0n) is 16.0. The fourth-order valence-electron chi connectivity index (χ4n) is 3.17. The van der Waals surface area contributed by atoms with Crippen molar-refractivity contribution in [1.29, 1.82) is 0 Å². The summed E-state index contributed by atoms with van der Waals surface area (Å²) in [5, 5.41) is 21.0. The van der Waals surface area contributed by atoms with Gasteiger partial charge in [-0.15, -0.1) is 11.3 Å². The lowest BCUT2D eigenvalue weighted by Crippen LogP contribution is -2.38. The molecule has 3 heterocycles. The van der Waals surface area contributed by atoms with E-state index in [9.17, 15) is 9.90 Å². The van der Waals surface area contributed by atoms with Gasteiger partial charge in [-0.3, -0.25) is 4.79 Å². The van der Waals surface area contributed by atoms with E-state index in [1.54, 1.807) is 13.8 Å². The maximum Gasteiger partial charge on any atom is 0.256 e. The van der Waals surface area contributed by atoms with Gasteiger partial charge in [0.1, 0.15) is 5.82 Å². The smallest absolute Gasteiger partial charge is 0.256 e. The second-order valence-electron chi connectivity index (χ2n) is 8.04. The van der Waals surface area contributed by atoms with E-state index in [0.29, 0.717) is 12.4 Å². The lowest BCUT2D eigenvalue weighted by molar-refractivity contribution is 0.0614. The number of aliphatic hydroxyl groups excluding tert-OH is 1. The molecular weight excluding hydrogens is 384 g/mol. The molecule has 2 aromatic rings. The zero-order chi connectivity index (χ0) is 19.7. The lowest BCUT2D eigenvalue weighted by atomic mass is 9.78. The average Bonchev–Trinajstić information content (AvgIpc) is 3.26. The Balaban J connectivity index is 1.92. The number of piperidine rings is 1. The highest BCUT2D eigenvalue weighted by atomic mass is 35.5. The van der Waals surface area contributed by atoms with Gasteiger partial charge in [-0.25, -0.2) is 0 Å². The molecule has 1 fully saturated rings. The van der Waals surface area contributed by atoms with Crippen LogP contribution in [-0.4, -0.2) is 40.5 Å². The van der Waals surface area contributed by atoms with Crippen LogP contribution in [0.5, 0.6) is 0 Å². The summed E-state index contributed by atoms with van der Waals surface area (Å²) in [5.74, 6) is 0.432. The van der Waals surface area contributed by atoms with Gasteiger partial charge in [-0.05, 0) is 51.9 Å². The summed E-state index contributed by atoms with van der Waals surface area (Å²) in [6.45, 7) is 7.87. The third kappa shape index (κ3) is 4.37. The van der Waals surface area contributed by atoms with E-state index in [-0.39, 0.29) is 17.9 Å². The molecule has 8 heteroatoms. The van der Waals surface area contributed by atoms with Gasteiger partial charge in [0.25, 0.3) is 5.91 Å². The fraction of sp³-hybridized carbons (Fsp3) is 0.579. The van der Waals surface area contributed by atoms with Crippen molar-refractivity contribution >= 4 is 34.7 Å². The van der Waals surface area contributed by atoms with Crippen LogP contribution in [0, 0.1) is 5.41 Å². The summed E-state index contributed by atoms with van der Waals surface area (Å²) in [6.07, 6.45) is 1.95. The number of hydrogen-bond donors (Lipinski definition) is 3. The van der Waals surface area contributed by atoms with Crippen molar-refractivity contribution in [3.63, 3.8) is 0 Å². The van der Waals surface area contributed by atoms with Crippen molar-refractivity contribution in [2.75, 3.05) is 25.0 Å². The van der Waals surface area contributed by atoms with E-state index < -0.39 is 5.41 Å². The molecule has 1 saturated heterocycles. The summed E-state index contributed by atoms with van der Waals surface area (Å²) in [4.78, 5) is 14.1. The summed E-state index contributed by atoms with van der Waals surface area (Å²) < 4.78 is 2.16. The summed E-state index contributed by atoms with van der Waals surface area (Å²) in [5.41, 5.74) is -0.0538. The van der Waals surface area contributed by atoms with Crippen molar-refractivity contribution in [1.82, 2.24) is 15.1 Å². The van der Waals surface area contributed by atoms with Gasteiger partial charge < -0.3 is 15.7 Å². The van der Waals surface area contributed by atoms with Crippen LogP contribution in [-0.2, 0) is 12.0 Å². The Labute approximate surface area is 168 Å². The first-order valence-electron chi connectivity index (χ1n) is 9.20. The Morgan fingerprint density at radius 2 is 2.15 bits per heavy atom. The van der Waals surface area contributed by atoms with Gasteiger partial charge in [-0.2, -0.15) is 9.78 Å². The molecule has 27 heavy (non-hydrogen) atoms. The van der Waals surface area contributed by atoms with Gasteiger partial charge in [0, 0.05) is 16.4 Å². The molecule has 6 nitrogen and oxygen atoms in total. The average molecular weight is 411 g/mol. The van der Waals surface area contributed by atoms with Crippen LogP contribution in [0.1, 0.15) is 49.0 Å². The predicted molar refractivity (Wildman–Crippen MR) is 110 cm³/mol. The van der Waals surface area contributed by atoms with Gasteiger partial charge in [0.15, 0.2) is 0 Å². The SMILES string of the molecule is CC(C)(CO)C(=O)n1nc(C2(C)CCNCC2)cc1NCc1ccc(Cl)s1. The third-order valence-corrected chi connectivity index (χ3v) is 6.51. The maximum absolute atomic E-state index is 13.0. The van der Waals surface area contributed by atoms with Crippen LogP contribution in [0.25, 0.3) is 0 Å². The molecule has 0 unspecified atom stereocenters. The van der Waals surface area contributed by atoms with Gasteiger partial charge in [0.05, 0.1) is 28.6 Å². The molecule has 0 aromatic carbocycles. The predicted octanol–water partition coefficient (Wildman–Crippen LogP) is 3.51. The number of carbonyl (C=O) groups is 1. The molecular formula is C19H27ClN4O2S. The Morgan fingerprint density at radius 1 is 1.44 bits per heavy atom. The van der Waals surface area contributed by atoms with Crippen molar-refractivity contribution in [3.05, 3.63) is 33.1 Å². The topological polar surface area (TPSA) is 79.2 Å². The number of hydrogen-bond acceptors (Lipinski definition) is 6. The number of aromatic nitrogens is 2. The number of halogens is 1. The van der Waals surface area contributed by atoms with Crippen LogP contribution in [0.15, 0.2) is 18.2 Å². The zero-order valence-corrected chi connectivity index (χ0v) is 17.6. The molecule has 0 amide bonds. The molecule has 0 spiro atoms. The van der Waals surface area contributed by atoms with Crippen molar-refractivity contribution in [2.45, 2.75) is 45.6 Å². The molecule has 3 rings (SSSR count). The molecule has 0 saturated carbocycles. The number of thiophene rings is 1. The first kappa shape index (κ1) is 20.3. The van der Waals surface area contributed by atoms with Crippen LogP contribution in [0.2, 0.25) is 4.34 Å². The first-order chi connectivity index (χ1) is 12.7. The van der Waals surface area contributed by atoms with E-state index in [1.807, 2.05) is 18.2 Å². The largest absolute Gasteiger partial charge is 0.395 e. The number of nitrogens with one attached hydrogen (secondary N) is 2. The van der Waals surface area contributed by atoms with Crippen LogP contribution >= 0.6 is 22.9 Å². The standard InChI is InChI=1S/C19H27ClN4O2S/c1-18(2,12-25)17(26)24-16(22-11-13-4-5-15(20)27-13)10-14(23-24)19(3)6-8-21-9-7-19/h4-5,10,21-22,25H,6-9,11-12H2,1-3H3. The normalized spacial score (nSPS) is 17.1. The molecule has 2 aromatic heterocycles. The Bertz CT molecular complexity index is 808. The number of nitrogens with zero attached hydrogens (tertiary/aromatic N) is 2. The van der Waals surface area contributed by atoms with Crippen molar-refractivity contribution in [2.24, 2.45) is 5.41 Å². The molecule has 0 atom stereocenters. The minimum absolute atomic E-state index is 0.0667. The Morgan fingerprint density at radius 3 is 2.74 bits per heavy atom. The number of rotatable bonds is 6. The van der Waals surface area contributed by atoms with E-state index in [4.69, 9.17) is 11.6 Å². The van der Waals surface area contributed by atoms with Gasteiger partial charge >= 0.3 is 0 Å². The minimum atomic E-state index is -0.902. The van der Waals surface area contributed by atoms with E-state index in [0.717, 1.165) is 40.8 Å². The van der Waals surface area contributed by atoms with Crippen molar-refractivity contribution < 1.29 is 9.90 Å². The van der Waals surface area contributed by atoms with Crippen LogP contribution in [0.4, 0.5) is 5.82 Å². The van der Waals surface area contributed by atoms with Gasteiger partial charge in [-0.1, -0.05) is 18.5 Å². The number of carbonyl (C=O) groups excluding carboxylic acids is 1. The fourth-order valence-corrected chi connectivity index (χ4v) is 4.20. The Hall–Kier alpha value is -1.41. The molecule has 3 N–H and O–H groups in total. The van der Waals surface area contributed by atoms with Crippen molar-refractivity contribution in [3.8, 4) is 0 Å². The van der Waals surface area contributed by atoms with E-state index in [2.05, 4.69) is 22.7 Å². The van der Waals surface area contributed by atoms with E-state index in [1.165, 1.54) is 16.0 Å². The number of anilines is 1. The first-order valence-corrected chi connectivity index (χ1v) is 10.4. The molecule has 0 radical (unpaired) electrons. The van der Waals surface area contributed by atoms with Crippen LogP contribution < -0.4 is 10.6 Å². The minimum Gasteiger partial charge on any atom is -0.395 e. The molecule has 0 aliphatic carbocycles. The third-order valence-electron chi connectivity index (χ3n) is 5.27. The summed E-state index contributed by atoms with van der Waals surface area (Å²) >= 11 is 7.52. The van der Waals surface area contributed by atoms with E-state index >= 15 is 0 Å². The quantitative estimate of drug-likeness (QED) is 0.679. The number of aliphatic hydroxyl groups is 1. The summed E-state index contributed by atoms with van der Waals surface area (Å²) in [6, 6.07) is 5.81. The highest BCUT2D eigenvalue weighted by Crippen LogP contribution is 2.34. The molecule has 148 valence electrons. The molecule has 1 aliphatic rings. The molecule has 1 aliphatic heterocycles. The summed E-state index contributed by atoms with van der Waals surface area (Å²) in [7, 11) is 0. The highest BCUT2D eigenvalue weighted by molar-refractivity contribution is 7.16. The lowest BCUT2D eigenvalue weighted by Gasteiger charge is -2.32. The maximum atomic E-state index is 13.0. The van der Waals surface area contributed by atoms with Crippen LogP contribution in [0.3, 0.4) is 0 Å².